The summed E-state index contributed by atoms with van der Waals surface area (Å²) in [5.74, 6) is -0.443. The summed E-state index contributed by atoms with van der Waals surface area (Å²) < 4.78 is 77.0. The van der Waals surface area contributed by atoms with Gasteiger partial charge in [-0.3, -0.25) is 4.79 Å². The minimum atomic E-state index is -4.49. The molecule has 1 amide bonds. The third-order valence-electron chi connectivity index (χ3n) is 5.42. The topological polar surface area (TPSA) is 41.9 Å². The van der Waals surface area contributed by atoms with Crippen molar-refractivity contribution < 1.29 is 36.0 Å². The van der Waals surface area contributed by atoms with Gasteiger partial charge in [-0.15, -0.1) is 0 Å². The Morgan fingerprint density at radius 3 is 2.29 bits per heavy atom. The molecule has 0 saturated carbocycles. The maximum absolute atomic E-state index is 13.0. The largest absolute Gasteiger partial charge is 0.416 e. The number of benzene rings is 2. The molecule has 1 fully saturated rings. The van der Waals surface area contributed by atoms with Gasteiger partial charge in [0.15, 0.2) is 5.60 Å². The molecule has 1 atom stereocenters. The summed E-state index contributed by atoms with van der Waals surface area (Å²) in [5.41, 5.74) is -1.74. The Morgan fingerprint density at radius 2 is 1.65 bits per heavy atom. The smallest absolute Gasteiger partial charge is 0.387 e. The lowest BCUT2D eigenvalue weighted by Crippen LogP contribution is -2.36. The van der Waals surface area contributed by atoms with E-state index in [0.29, 0.717) is 24.2 Å². The third-order valence-corrected chi connectivity index (χ3v) is 5.42. The Kier molecular flexibility index (Phi) is 4.98. The lowest BCUT2D eigenvalue weighted by atomic mass is 9.93. The predicted molar refractivity (Wildman–Crippen MR) is 98.4 cm³/mol. The van der Waals surface area contributed by atoms with Gasteiger partial charge in [0, 0.05) is 30.5 Å². The first kappa shape index (κ1) is 21.2. The van der Waals surface area contributed by atoms with Gasteiger partial charge in [0.05, 0.1) is 23.4 Å². The first-order valence-electron chi connectivity index (χ1n) is 9.36. The number of rotatable bonds is 2. The number of carbonyl (C=O) groups is 1. The van der Waals surface area contributed by atoms with E-state index in [1.54, 1.807) is 0 Å². The average molecular weight is 442 g/mol. The van der Waals surface area contributed by atoms with Gasteiger partial charge >= 0.3 is 12.4 Å². The highest BCUT2D eigenvalue weighted by molar-refractivity contribution is 6.02. The van der Waals surface area contributed by atoms with Crippen LogP contribution in [0.1, 0.15) is 39.9 Å². The fourth-order valence-electron chi connectivity index (χ4n) is 3.77. The Labute approximate surface area is 173 Å². The summed E-state index contributed by atoms with van der Waals surface area (Å²) in [7, 11) is 0. The molecule has 1 unspecified atom stereocenters. The predicted octanol–water partition coefficient (Wildman–Crippen LogP) is 5.13. The van der Waals surface area contributed by atoms with Crippen molar-refractivity contribution in [2.24, 2.45) is 5.16 Å². The first-order valence-corrected chi connectivity index (χ1v) is 9.36. The van der Waals surface area contributed by atoms with Crippen LogP contribution in [0.2, 0.25) is 0 Å². The van der Waals surface area contributed by atoms with Gasteiger partial charge in [0.1, 0.15) is 0 Å². The van der Waals surface area contributed by atoms with Crippen molar-refractivity contribution in [1.82, 2.24) is 4.90 Å². The van der Waals surface area contributed by atoms with E-state index in [4.69, 9.17) is 4.84 Å². The number of oxime groups is 1. The van der Waals surface area contributed by atoms with Crippen molar-refractivity contribution >= 4 is 11.6 Å². The van der Waals surface area contributed by atoms with Gasteiger partial charge < -0.3 is 9.74 Å². The van der Waals surface area contributed by atoms with Crippen molar-refractivity contribution in [2.45, 2.75) is 30.8 Å². The van der Waals surface area contributed by atoms with Gasteiger partial charge in [0.2, 0.25) is 0 Å². The summed E-state index contributed by atoms with van der Waals surface area (Å²) in [6.07, 6.45) is -8.34. The second-order valence-corrected chi connectivity index (χ2v) is 7.62. The lowest BCUT2D eigenvalue weighted by molar-refractivity contribution is -0.138. The number of halogens is 6. The molecular weight excluding hydrogens is 426 g/mol. The molecule has 2 aromatic carbocycles. The quantitative estimate of drug-likeness (QED) is 0.605. The van der Waals surface area contributed by atoms with Gasteiger partial charge in [-0.2, -0.15) is 26.3 Å². The van der Waals surface area contributed by atoms with Crippen LogP contribution in [0.25, 0.3) is 0 Å². The lowest BCUT2D eigenvalue weighted by Gasteiger charge is -2.22. The molecule has 164 valence electrons. The van der Waals surface area contributed by atoms with Crippen LogP contribution < -0.4 is 0 Å². The monoisotopic (exact) mass is 442 g/mol. The molecule has 0 aliphatic carbocycles. The van der Waals surface area contributed by atoms with Crippen LogP contribution in [0.5, 0.6) is 0 Å². The van der Waals surface area contributed by atoms with Crippen molar-refractivity contribution in [3.63, 3.8) is 0 Å². The molecular formula is C21H16F6N2O2. The van der Waals surface area contributed by atoms with Gasteiger partial charge in [-0.05, 0) is 36.4 Å². The van der Waals surface area contributed by atoms with Gasteiger partial charge in [0.25, 0.3) is 5.91 Å². The van der Waals surface area contributed by atoms with E-state index in [9.17, 15) is 31.1 Å². The van der Waals surface area contributed by atoms with E-state index < -0.39 is 35.0 Å². The molecule has 4 rings (SSSR count). The van der Waals surface area contributed by atoms with Gasteiger partial charge in [-0.1, -0.05) is 17.3 Å². The van der Waals surface area contributed by atoms with E-state index in [2.05, 4.69) is 5.16 Å². The fraction of sp³-hybridized carbons (Fsp3) is 0.333. The minimum Gasteiger partial charge on any atom is -0.387 e. The fourth-order valence-corrected chi connectivity index (χ4v) is 3.77. The maximum atomic E-state index is 13.0. The van der Waals surface area contributed by atoms with Crippen molar-refractivity contribution in [3.8, 4) is 0 Å². The molecule has 0 radical (unpaired) electrons. The summed E-state index contributed by atoms with van der Waals surface area (Å²) in [6.45, 7) is 0.435. The van der Waals surface area contributed by atoms with E-state index in [-0.39, 0.29) is 18.5 Å². The zero-order valence-corrected chi connectivity index (χ0v) is 15.9. The number of nitrogens with zero attached hydrogens (tertiary/aromatic N) is 2. The van der Waals surface area contributed by atoms with E-state index in [0.717, 1.165) is 36.4 Å². The molecule has 4 nitrogen and oxygen atoms in total. The van der Waals surface area contributed by atoms with Crippen molar-refractivity contribution in [3.05, 3.63) is 70.8 Å². The average Bonchev–Trinajstić information content (AvgIpc) is 3.33. The van der Waals surface area contributed by atoms with Crippen LogP contribution in [-0.2, 0) is 17.2 Å². The van der Waals surface area contributed by atoms with E-state index >= 15 is 0 Å². The van der Waals surface area contributed by atoms with Crippen LogP contribution in [-0.4, -0.2) is 35.2 Å². The Morgan fingerprint density at radius 1 is 0.968 bits per heavy atom. The summed E-state index contributed by atoms with van der Waals surface area (Å²) in [5, 5.41) is 3.96. The highest BCUT2D eigenvalue weighted by Crippen LogP contribution is 2.37. The molecule has 10 heteroatoms. The number of hydrogen-bond acceptors (Lipinski definition) is 3. The molecule has 31 heavy (non-hydrogen) atoms. The van der Waals surface area contributed by atoms with Crippen LogP contribution in [0.15, 0.2) is 53.7 Å². The van der Waals surface area contributed by atoms with Crippen LogP contribution in [0.4, 0.5) is 26.3 Å². The second-order valence-electron chi connectivity index (χ2n) is 7.62. The van der Waals surface area contributed by atoms with Crippen LogP contribution in [0, 0.1) is 0 Å². The normalized spacial score (nSPS) is 21.4. The Bertz CT molecular complexity index is 1030. The van der Waals surface area contributed by atoms with Crippen LogP contribution >= 0.6 is 0 Å². The molecule has 0 aromatic heterocycles. The Hall–Kier alpha value is -3.04. The minimum absolute atomic E-state index is 0.113. The molecule has 2 aliphatic rings. The molecule has 1 saturated heterocycles. The summed E-state index contributed by atoms with van der Waals surface area (Å²) in [4.78, 5) is 19.7. The number of likely N-dealkylation sites (tertiary alicyclic amines) is 1. The number of alkyl halides is 6. The van der Waals surface area contributed by atoms with Crippen molar-refractivity contribution in [1.29, 1.82) is 0 Å². The van der Waals surface area contributed by atoms with E-state index in [1.807, 2.05) is 0 Å². The highest BCUT2D eigenvalue weighted by atomic mass is 19.4. The molecule has 2 heterocycles. The molecule has 0 N–H and O–H groups in total. The standard InChI is InChI=1S/C21H16F6N2O2/c22-20(23,24)15-6-4-13(5-7-15)18(30)29-9-8-19(12-29)11-17(28-31-19)14-2-1-3-16(10-14)21(25,26)27/h1-7,10H,8-9,11-12H2. The molecule has 2 aliphatic heterocycles. The highest BCUT2D eigenvalue weighted by Gasteiger charge is 2.47. The molecule has 0 bridgehead atoms. The SMILES string of the molecule is O=C(c1ccc(C(F)(F)F)cc1)N1CCC2(CC(c3cccc(C(F)(F)F)c3)=NO2)C1. The van der Waals surface area contributed by atoms with Gasteiger partial charge in [-0.25, -0.2) is 0 Å². The maximum Gasteiger partial charge on any atom is 0.416 e. The second kappa shape index (κ2) is 7.28. The first-order chi connectivity index (χ1) is 14.5. The van der Waals surface area contributed by atoms with Crippen LogP contribution in [0.3, 0.4) is 0 Å². The molecule has 2 aromatic rings. The number of hydrogen-bond donors (Lipinski definition) is 0. The molecule has 1 spiro atoms. The zero-order chi connectivity index (χ0) is 22.4. The number of amides is 1. The summed E-state index contributed by atoms with van der Waals surface area (Å²) in [6, 6.07) is 8.71. The van der Waals surface area contributed by atoms with Crippen molar-refractivity contribution in [2.75, 3.05) is 13.1 Å². The summed E-state index contributed by atoms with van der Waals surface area (Å²) >= 11 is 0. The van der Waals surface area contributed by atoms with E-state index in [1.165, 1.54) is 17.0 Å². The zero-order valence-electron chi connectivity index (χ0n) is 15.9. The third kappa shape index (κ3) is 4.24. The number of carbonyl (C=O) groups excluding carboxylic acids is 1. The Balaban J connectivity index is 1.44.